The van der Waals surface area contributed by atoms with E-state index in [-0.39, 0.29) is 12.1 Å². The second-order valence-corrected chi connectivity index (χ2v) is 12.1. The first-order chi connectivity index (χ1) is 20.8. The van der Waals surface area contributed by atoms with Crippen LogP contribution in [0.1, 0.15) is 47.9 Å². The third kappa shape index (κ3) is 6.23. The zero-order valence-electron chi connectivity index (χ0n) is 24.6. The Hall–Kier alpha value is -3.28. The summed E-state index contributed by atoms with van der Waals surface area (Å²) in [4.78, 5) is 5.62. The fourth-order valence-electron chi connectivity index (χ4n) is 7.70. The smallest absolute Gasteiger partial charge is 0.0627 e. The number of fused-ring (bicyclic) bond motifs is 2. The Labute approximate surface area is 251 Å². The maximum absolute atomic E-state index is 9.35. The van der Waals surface area contributed by atoms with Crippen LogP contribution in [0.25, 0.3) is 0 Å². The highest BCUT2D eigenvalue weighted by Crippen LogP contribution is 2.55. The van der Waals surface area contributed by atoms with Crippen LogP contribution in [0.4, 0.5) is 0 Å². The Morgan fingerprint density at radius 1 is 0.714 bits per heavy atom. The molecule has 6 rings (SSSR count). The number of ether oxygens (including phenoxy) is 1. The van der Waals surface area contributed by atoms with Crippen molar-refractivity contribution in [3.05, 3.63) is 144 Å². The highest BCUT2D eigenvalue weighted by Gasteiger charge is 2.60. The predicted molar refractivity (Wildman–Crippen MR) is 170 cm³/mol. The summed E-state index contributed by atoms with van der Waals surface area (Å²) in [5, 5.41) is 9.35. The van der Waals surface area contributed by atoms with Crippen molar-refractivity contribution in [3.63, 3.8) is 0 Å². The van der Waals surface area contributed by atoms with Gasteiger partial charge in [-0.05, 0) is 53.9 Å². The molecule has 2 aliphatic rings. The van der Waals surface area contributed by atoms with Crippen molar-refractivity contribution in [2.45, 2.75) is 62.9 Å². The Bertz CT molecular complexity index is 1310. The molecule has 218 valence electrons. The van der Waals surface area contributed by atoms with Crippen LogP contribution in [0.5, 0.6) is 0 Å². The average molecular weight is 561 g/mol. The molecule has 0 radical (unpaired) electrons. The Morgan fingerprint density at radius 2 is 1.26 bits per heavy atom. The Kier molecular flexibility index (Phi) is 9.47. The van der Waals surface area contributed by atoms with Gasteiger partial charge in [-0.15, -0.1) is 0 Å². The second-order valence-electron chi connectivity index (χ2n) is 12.1. The molecule has 0 amide bonds. The quantitative estimate of drug-likeness (QED) is 0.178. The summed E-state index contributed by atoms with van der Waals surface area (Å²) in [5.74, 6) is 0.438. The molecule has 42 heavy (non-hydrogen) atoms. The van der Waals surface area contributed by atoms with Crippen LogP contribution >= 0.6 is 0 Å². The van der Waals surface area contributed by atoms with Crippen molar-refractivity contribution >= 4 is 0 Å². The third-order valence-corrected chi connectivity index (χ3v) is 9.46. The van der Waals surface area contributed by atoms with Gasteiger partial charge in [-0.2, -0.15) is 0 Å². The van der Waals surface area contributed by atoms with Gasteiger partial charge in [0.25, 0.3) is 0 Å². The zero-order valence-corrected chi connectivity index (χ0v) is 24.6. The summed E-state index contributed by atoms with van der Waals surface area (Å²) < 4.78 is 6.23. The summed E-state index contributed by atoms with van der Waals surface area (Å²) in [6.07, 6.45) is 4.07. The van der Waals surface area contributed by atoms with Crippen molar-refractivity contribution in [2.24, 2.45) is 5.92 Å². The maximum atomic E-state index is 9.35. The third-order valence-electron chi connectivity index (χ3n) is 9.46. The fraction of sp³-hybridized carbons (Fsp3) is 0.368. The summed E-state index contributed by atoms with van der Waals surface area (Å²) in [7, 11) is 0. The summed E-state index contributed by atoms with van der Waals surface area (Å²) >= 11 is 0. The van der Waals surface area contributed by atoms with E-state index < -0.39 is 0 Å². The molecule has 2 saturated heterocycles. The van der Waals surface area contributed by atoms with E-state index in [0.717, 1.165) is 45.5 Å². The lowest BCUT2D eigenvalue weighted by molar-refractivity contribution is -0.0492. The molecule has 0 unspecified atom stereocenters. The molecule has 0 spiro atoms. The average Bonchev–Trinajstić information content (AvgIpc) is 3.23. The lowest BCUT2D eigenvalue weighted by Gasteiger charge is -2.54. The van der Waals surface area contributed by atoms with Crippen LogP contribution < -0.4 is 0 Å². The highest BCUT2D eigenvalue weighted by molar-refractivity contribution is 5.33. The molecule has 0 saturated carbocycles. The van der Waals surface area contributed by atoms with E-state index in [0.29, 0.717) is 31.0 Å². The number of piperidine rings is 1. The molecule has 0 aliphatic carbocycles. The molecular weight excluding hydrogens is 516 g/mol. The Morgan fingerprint density at radius 3 is 1.83 bits per heavy atom. The zero-order chi connectivity index (χ0) is 28.6. The summed E-state index contributed by atoms with van der Waals surface area (Å²) in [5.41, 5.74) is 5.35. The predicted octanol–water partition coefficient (Wildman–Crippen LogP) is 7.04. The van der Waals surface area contributed by atoms with E-state index in [4.69, 9.17) is 4.74 Å². The van der Waals surface area contributed by atoms with E-state index in [2.05, 4.69) is 131 Å². The van der Waals surface area contributed by atoms with Crippen molar-refractivity contribution in [3.8, 4) is 0 Å². The first-order valence-corrected chi connectivity index (χ1v) is 15.6. The van der Waals surface area contributed by atoms with Crippen LogP contribution in [-0.2, 0) is 29.9 Å². The lowest BCUT2D eigenvalue weighted by Crippen LogP contribution is -2.61. The molecule has 2 bridgehead atoms. The van der Waals surface area contributed by atoms with Crippen molar-refractivity contribution in [2.75, 3.05) is 19.8 Å². The van der Waals surface area contributed by atoms with Crippen molar-refractivity contribution in [1.29, 1.82) is 0 Å². The molecule has 2 heterocycles. The van der Waals surface area contributed by atoms with Crippen LogP contribution in [0.2, 0.25) is 0 Å². The largest absolute Gasteiger partial charge is 0.396 e. The fourth-order valence-corrected chi connectivity index (χ4v) is 7.70. The van der Waals surface area contributed by atoms with Gasteiger partial charge < -0.3 is 9.84 Å². The van der Waals surface area contributed by atoms with Crippen molar-refractivity contribution < 1.29 is 9.84 Å². The van der Waals surface area contributed by atoms with E-state index in [1.165, 1.54) is 22.3 Å². The number of hydrogen-bond acceptors (Lipinski definition) is 4. The minimum atomic E-state index is -0.144. The minimum absolute atomic E-state index is 0.144. The van der Waals surface area contributed by atoms with Gasteiger partial charge in [0.2, 0.25) is 0 Å². The van der Waals surface area contributed by atoms with Gasteiger partial charge in [-0.1, -0.05) is 121 Å². The number of nitrogens with zero attached hydrogens (tertiary/aromatic N) is 2. The number of aliphatic hydroxyl groups is 1. The van der Waals surface area contributed by atoms with Gasteiger partial charge >= 0.3 is 0 Å². The first kappa shape index (κ1) is 28.8. The molecule has 2 aliphatic heterocycles. The molecule has 4 heteroatoms. The molecular formula is C38H44N2O2. The topological polar surface area (TPSA) is 35.9 Å². The van der Waals surface area contributed by atoms with Gasteiger partial charge in [0.1, 0.15) is 0 Å². The molecule has 1 N–H and O–H groups in total. The number of rotatable bonds is 13. The number of hydrogen-bond donors (Lipinski definition) is 1. The molecule has 4 aromatic carbocycles. The van der Waals surface area contributed by atoms with Gasteiger partial charge in [-0.3, -0.25) is 9.80 Å². The van der Waals surface area contributed by atoms with Gasteiger partial charge in [0.05, 0.1) is 12.1 Å². The molecule has 2 fully saturated rings. The molecule has 4 atom stereocenters. The molecule has 4 nitrogen and oxygen atoms in total. The summed E-state index contributed by atoms with van der Waals surface area (Å²) in [6.45, 7) is 4.29. The number of benzene rings is 4. The van der Waals surface area contributed by atoms with Gasteiger partial charge in [-0.25, -0.2) is 0 Å². The monoisotopic (exact) mass is 560 g/mol. The van der Waals surface area contributed by atoms with Crippen LogP contribution in [0.15, 0.2) is 121 Å². The van der Waals surface area contributed by atoms with Crippen LogP contribution in [0.3, 0.4) is 0 Å². The van der Waals surface area contributed by atoms with E-state index >= 15 is 0 Å². The lowest BCUT2D eigenvalue weighted by atomic mass is 9.75. The molecule has 0 aromatic heterocycles. The highest BCUT2D eigenvalue weighted by atomic mass is 16.5. The van der Waals surface area contributed by atoms with E-state index in [9.17, 15) is 5.11 Å². The SMILES string of the molecule is OCCCOC[C@@H]1C[C@@]2(c3ccccc3)[C@H](N(Cc3ccccc3)Cc3ccccc3)CC[C@@H]1N2Cc1ccccc1. The number of aliphatic hydroxyl groups excluding tert-OH is 1. The van der Waals surface area contributed by atoms with E-state index in [1.54, 1.807) is 0 Å². The van der Waals surface area contributed by atoms with Crippen LogP contribution in [-0.4, -0.2) is 46.8 Å². The normalized spacial score (nSPS) is 23.8. The maximum Gasteiger partial charge on any atom is 0.0627 e. The van der Waals surface area contributed by atoms with E-state index in [1.807, 2.05) is 0 Å². The standard InChI is InChI=1S/C38H44N2O2/c41-24-13-25-42-30-34-26-38(35-20-11-4-12-21-35)37(23-22-36(34)40(38)29-33-18-9-3-10-19-33)39(27-31-14-5-1-6-15-31)28-32-16-7-2-8-17-32/h1-12,14-21,34,36-37,41H,13,22-30H2/t34-,36-,37+,38+/m0/s1. The van der Waals surface area contributed by atoms with Crippen molar-refractivity contribution in [1.82, 2.24) is 9.80 Å². The van der Waals surface area contributed by atoms with Gasteiger partial charge in [0.15, 0.2) is 0 Å². The first-order valence-electron chi connectivity index (χ1n) is 15.6. The Balaban J connectivity index is 1.43. The van der Waals surface area contributed by atoms with Crippen LogP contribution in [0, 0.1) is 5.92 Å². The summed E-state index contributed by atoms with van der Waals surface area (Å²) in [6, 6.07) is 45.1. The second kappa shape index (κ2) is 13.8. The minimum Gasteiger partial charge on any atom is -0.396 e. The molecule has 4 aromatic rings. The van der Waals surface area contributed by atoms with Gasteiger partial charge in [0, 0.05) is 44.9 Å².